The number of amides is 1. The molecule has 0 spiro atoms. The molecule has 1 unspecified atom stereocenters. The first kappa shape index (κ1) is 24.1. The number of amidine groups is 1. The number of hydrogen-bond donors (Lipinski definition) is 0. The van der Waals surface area contributed by atoms with Crippen molar-refractivity contribution in [3.05, 3.63) is 76.8 Å². The lowest BCUT2D eigenvalue weighted by molar-refractivity contribution is 0.106. The van der Waals surface area contributed by atoms with Crippen molar-refractivity contribution in [1.82, 2.24) is 9.91 Å². The number of halogens is 2. The van der Waals surface area contributed by atoms with E-state index in [-0.39, 0.29) is 19.2 Å². The van der Waals surface area contributed by atoms with Gasteiger partial charge in [-0.15, -0.1) is 4.99 Å². The minimum Gasteiger partial charge on any atom is -0.445 e. The van der Waals surface area contributed by atoms with E-state index >= 15 is 0 Å². The molecule has 0 radical (unpaired) electrons. The van der Waals surface area contributed by atoms with Crippen molar-refractivity contribution in [3.8, 4) is 11.9 Å². The van der Waals surface area contributed by atoms with Gasteiger partial charge in [0.25, 0.3) is 0 Å². The summed E-state index contributed by atoms with van der Waals surface area (Å²) in [4.78, 5) is 18.1. The second-order valence-electron chi connectivity index (χ2n) is 6.77. The molecule has 10 heteroatoms. The van der Waals surface area contributed by atoms with Crippen LogP contribution >= 0.6 is 23.2 Å². The molecular weight excluding hydrogens is 465 g/mol. The van der Waals surface area contributed by atoms with Crippen LogP contribution in [0.25, 0.3) is 0 Å². The molecule has 0 saturated heterocycles. The molecule has 3 rings (SSSR count). The molecule has 170 valence electrons. The summed E-state index contributed by atoms with van der Waals surface area (Å²) in [7, 11) is 0. The number of nitriles is 1. The summed E-state index contributed by atoms with van der Waals surface area (Å²) < 4.78 is 11.1. The van der Waals surface area contributed by atoms with Crippen molar-refractivity contribution in [3.63, 3.8) is 0 Å². The standard InChI is InChI=1S/C23H21Cl2N5O3/c1-3-12-32-23(31)29(4-2)20-14-30(22(27-15-26)33-17-8-6-5-7-9-17)28-21(20)16-10-11-18(24)19(25)13-16/h3,5-11,13,20H,1,4,12,14H2,2H3. The fourth-order valence-electron chi connectivity index (χ4n) is 3.22. The summed E-state index contributed by atoms with van der Waals surface area (Å²) in [6.07, 6.45) is 2.71. The molecule has 2 aromatic rings. The van der Waals surface area contributed by atoms with Gasteiger partial charge in [0.15, 0.2) is 0 Å². The van der Waals surface area contributed by atoms with Crippen molar-refractivity contribution in [2.45, 2.75) is 13.0 Å². The molecule has 0 aromatic heterocycles. The number of rotatable bonds is 6. The number of hydrogen-bond acceptors (Lipinski definition) is 6. The van der Waals surface area contributed by atoms with E-state index in [4.69, 9.17) is 32.7 Å². The van der Waals surface area contributed by atoms with Crippen LogP contribution in [-0.4, -0.2) is 53.5 Å². The minimum atomic E-state index is -0.534. The van der Waals surface area contributed by atoms with Crippen molar-refractivity contribution in [1.29, 1.82) is 5.26 Å². The summed E-state index contributed by atoms with van der Waals surface area (Å²) in [6, 6.07) is 13.4. The lowest BCUT2D eigenvalue weighted by atomic mass is 10.0. The molecule has 8 nitrogen and oxygen atoms in total. The topological polar surface area (TPSA) is 90.5 Å². The summed E-state index contributed by atoms with van der Waals surface area (Å²) in [5.41, 5.74) is 1.18. The fourth-order valence-corrected chi connectivity index (χ4v) is 3.52. The monoisotopic (exact) mass is 485 g/mol. The van der Waals surface area contributed by atoms with Gasteiger partial charge < -0.3 is 9.47 Å². The average molecular weight is 486 g/mol. The van der Waals surface area contributed by atoms with Gasteiger partial charge >= 0.3 is 12.1 Å². The summed E-state index contributed by atoms with van der Waals surface area (Å²) in [6.45, 7) is 6.00. The third kappa shape index (κ3) is 5.83. The van der Waals surface area contributed by atoms with E-state index < -0.39 is 12.1 Å². The maximum absolute atomic E-state index is 12.7. The number of aliphatic imine (C=N–C) groups is 1. The summed E-state index contributed by atoms with van der Waals surface area (Å²) in [5, 5.41) is 16.0. The Hall–Kier alpha value is -3.54. The number of carbonyl (C=O) groups is 1. The Morgan fingerprint density at radius 3 is 2.73 bits per heavy atom. The number of hydrazone groups is 1. The lowest BCUT2D eigenvalue weighted by Gasteiger charge is -2.28. The molecule has 1 aliphatic heterocycles. The largest absolute Gasteiger partial charge is 0.445 e. The lowest BCUT2D eigenvalue weighted by Crippen LogP contribution is -2.47. The molecule has 0 bridgehead atoms. The summed E-state index contributed by atoms with van der Waals surface area (Å²) >= 11 is 12.3. The van der Waals surface area contributed by atoms with Gasteiger partial charge in [-0.25, -0.2) is 9.80 Å². The third-order valence-corrected chi connectivity index (χ3v) is 5.44. The van der Waals surface area contributed by atoms with E-state index in [0.29, 0.717) is 33.6 Å². The van der Waals surface area contributed by atoms with Crippen molar-refractivity contribution in [2.24, 2.45) is 10.1 Å². The smallest absolute Gasteiger partial charge is 0.410 e. The van der Waals surface area contributed by atoms with Crippen LogP contribution in [0.1, 0.15) is 12.5 Å². The predicted molar refractivity (Wildman–Crippen MR) is 128 cm³/mol. The van der Waals surface area contributed by atoms with Crippen molar-refractivity contribution < 1.29 is 14.3 Å². The molecular formula is C23H21Cl2N5O3. The highest BCUT2D eigenvalue weighted by Crippen LogP contribution is 2.27. The van der Waals surface area contributed by atoms with Gasteiger partial charge in [0.2, 0.25) is 6.19 Å². The number of benzene rings is 2. The zero-order valence-corrected chi connectivity index (χ0v) is 19.3. The Morgan fingerprint density at radius 1 is 1.33 bits per heavy atom. The van der Waals surface area contributed by atoms with Crippen LogP contribution in [0, 0.1) is 11.5 Å². The van der Waals surface area contributed by atoms with Crippen LogP contribution in [0.5, 0.6) is 5.75 Å². The van der Waals surface area contributed by atoms with E-state index in [0.717, 1.165) is 0 Å². The van der Waals surface area contributed by atoms with Gasteiger partial charge in [-0.1, -0.05) is 60.1 Å². The fraction of sp³-hybridized carbons (Fsp3) is 0.217. The van der Waals surface area contributed by atoms with E-state index in [1.165, 1.54) is 16.0 Å². The number of para-hydroxylation sites is 1. The van der Waals surface area contributed by atoms with Crippen LogP contribution in [0.2, 0.25) is 10.0 Å². The maximum atomic E-state index is 12.7. The highest BCUT2D eigenvalue weighted by atomic mass is 35.5. The number of nitrogens with zero attached hydrogens (tertiary/aromatic N) is 5. The maximum Gasteiger partial charge on any atom is 0.410 e. The molecule has 1 aliphatic rings. The Labute approximate surface area is 201 Å². The second kappa shape index (κ2) is 11.4. The second-order valence-corrected chi connectivity index (χ2v) is 7.59. The van der Waals surface area contributed by atoms with Crippen LogP contribution in [0.4, 0.5) is 4.79 Å². The zero-order chi connectivity index (χ0) is 23.8. The third-order valence-electron chi connectivity index (χ3n) is 4.70. The highest BCUT2D eigenvalue weighted by Gasteiger charge is 2.38. The number of carbonyl (C=O) groups excluding carboxylic acids is 1. The Morgan fingerprint density at radius 2 is 2.09 bits per heavy atom. The molecule has 1 amide bonds. The SMILES string of the molecule is C=CCOC(=O)N(CC)C1CN(C(=NC#N)Oc2ccccc2)N=C1c1ccc(Cl)c(Cl)c1. The minimum absolute atomic E-state index is 0.0285. The number of ether oxygens (including phenoxy) is 2. The van der Waals surface area contributed by atoms with Crippen LogP contribution in [0.15, 0.2) is 71.3 Å². The molecule has 0 N–H and O–H groups in total. The first-order valence-electron chi connectivity index (χ1n) is 10.0. The van der Waals surface area contributed by atoms with Gasteiger partial charge in [-0.2, -0.15) is 10.4 Å². The summed E-state index contributed by atoms with van der Waals surface area (Å²) in [5.74, 6) is 0.485. The molecule has 2 aromatic carbocycles. The molecule has 0 fully saturated rings. The van der Waals surface area contributed by atoms with Gasteiger partial charge in [0.1, 0.15) is 12.4 Å². The van der Waals surface area contributed by atoms with Gasteiger partial charge in [-0.05, 0) is 31.2 Å². The molecule has 33 heavy (non-hydrogen) atoms. The molecule has 1 heterocycles. The Bertz CT molecular complexity index is 1110. The molecule has 1 atom stereocenters. The zero-order valence-electron chi connectivity index (χ0n) is 17.8. The average Bonchev–Trinajstić information content (AvgIpc) is 3.25. The number of likely N-dealkylation sites (N-methyl/N-ethyl adjacent to an activating group) is 1. The van der Waals surface area contributed by atoms with Gasteiger partial charge in [0.05, 0.1) is 28.3 Å². The van der Waals surface area contributed by atoms with E-state index in [2.05, 4.69) is 16.7 Å². The Balaban J connectivity index is 2.00. The van der Waals surface area contributed by atoms with E-state index in [1.807, 2.05) is 13.0 Å². The van der Waals surface area contributed by atoms with Crippen LogP contribution in [-0.2, 0) is 4.74 Å². The van der Waals surface area contributed by atoms with Crippen LogP contribution < -0.4 is 4.74 Å². The highest BCUT2D eigenvalue weighted by molar-refractivity contribution is 6.42. The first-order chi connectivity index (χ1) is 16.0. The normalized spacial score (nSPS) is 15.5. The van der Waals surface area contributed by atoms with Crippen molar-refractivity contribution >= 4 is 41.0 Å². The Kier molecular flexibility index (Phi) is 8.30. The molecule has 0 aliphatic carbocycles. The van der Waals surface area contributed by atoms with Crippen LogP contribution in [0.3, 0.4) is 0 Å². The first-order valence-corrected chi connectivity index (χ1v) is 10.8. The van der Waals surface area contributed by atoms with Crippen molar-refractivity contribution in [2.75, 3.05) is 19.7 Å². The molecule has 0 saturated carbocycles. The predicted octanol–water partition coefficient (Wildman–Crippen LogP) is 4.94. The van der Waals surface area contributed by atoms with E-state index in [9.17, 15) is 10.1 Å². The quantitative estimate of drug-likeness (QED) is 0.250. The van der Waals surface area contributed by atoms with Gasteiger partial charge in [-0.3, -0.25) is 4.90 Å². The van der Waals surface area contributed by atoms with E-state index in [1.54, 1.807) is 48.7 Å². The van der Waals surface area contributed by atoms with Gasteiger partial charge in [0, 0.05) is 12.1 Å².